The van der Waals surface area contributed by atoms with Crippen LogP contribution in [0.15, 0.2) is 10.6 Å². The minimum Gasteiger partial charge on any atom is -0.378 e. The van der Waals surface area contributed by atoms with E-state index in [0.717, 1.165) is 31.4 Å². The van der Waals surface area contributed by atoms with Gasteiger partial charge in [-0.1, -0.05) is 45.7 Å². The van der Waals surface area contributed by atoms with Crippen molar-refractivity contribution in [1.82, 2.24) is 10.5 Å². The largest absolute Gasteiger partial charge is 0.378 e. The van der Waals surface area contributed by atoms with Crippen LogP contribution >= 0.6 is 0 Å². The number of nitrogens with one attached hydrogen (secondary N) is 1. The summed E-state index contributed by atoms with van der Waals surface area (Å²) in [6.07, 6.45) is 4.20. The highest BCUT2D eigenvalue weighted by Crippen LogP contribution is 2.25. The summed E-state index contributed by atoms with van der Waals surface area (Å²) in [6.45, 7) is 9.15. The number of carbonyl (C=O) groups is 1. The molecule has 1 aromatic rings. The quantitative estimate of drug-likeness (QED) is 0.873. The summed E-state index contributed by atoms with van der Waals surface area (Å²) >= 11 is 0. The highest BCUT2D eigenvalue weighted by Gasteiger charge is 2.29. The number of rotatable bonds is 6. The third-order valence-electron chi connectivity index (χ3n) is 4.57. The Morgan fingerprint density at radius 1 is 1.41 bits per heavy atom. The van der Waals surface area contributed by atoms with Crippen LogP contribution in [-0.4, -0.2) is 29.8 Å². The van der Waals surface area contributed by atoms with E-state index in [0.29, 0.717) is 18.3 Å². The third kappa shape index (κ3) is 4.09. The van der Waals surface area contributed by atoms with E-state index in [4.69, 9.17) is 9.26 Å². The van der Waals surface area contributed by atoms with Crippen molar-refractivity contribution >= 4 is 5.91 Å². The first-order valence-electron chi connectivity index (χ1n) is 8.44. The van der Waals surface area contributed by atoms with E-state index in [2.05, 4.69) is 24.3 Å². The second-order valence-electron chi connectivity index (χ2n) is 6.45. The van der Waals surface area contributed by atoms with Crippen molar-refractivity contribution in [2.24, 2.45) is 5.92 Å². The Labute approximate surface area is 132 Å². The van der Waals surface area contributed by atoms with Crippen LogP contribution in [0.5, 0.6) is 0 Å². The van der Waals surface area contributed by atoms with Gasteiger partial charge in [-0.25, -0.2) is 0 Å². The minimum absolute atomic E-state index is 0.152. The van der Waals surface area contributed by atoms with E-state index in [1.807, 2.05) is 13.8 Å². The number of hydrogen-bond acceptors (Lipinski definition) is 4. The number of carbonyl (C=O) groups excluding carboxylic acids is 1. The minimum atomic E-state index is -0.172. The van der Waals surface area contributed by atoms with Gasteiger partial charge in [0.25, 0.3) is 5.91 Å². The SMILES string of the molecule is CCC(CC)[C@H]1C[C@@H](NC(=O)c2cc(C(C)C)no2)CCO1. The molecular formula is C17H28N2O3. The first-order chi connectivity index (χ1) is 10.5. The van der Waals surface area contributed by atoms with E-state index >= 15 is 0 Å². The van der Waals surface area contributed by atoms with Crippen molar-refractivity contribution in [3.63, 3.8) is 0 Å². The molecule has 0 aromatic carbocycles. The summed E-state index contributed by atoms with van der Waals surface area (Å²) in [5, 5.41) is 7.01. The highest BCUT2D eigenvalue weighted by molar-refractivity contribution is 5.91. The van der Waals surface area contributed by atoms with Crippen LogP contribution in [-0.2, 0) is 4.74 Å². The molecule has 1 amide bonds. The number of amides is 1. The summed E-state index contributed by atoms with van der Waals surface area (Å²) in [6, 6.07) is 1.89. The van der Waals surface area contributed by atoms with Gasteiger partial charge in [0.05, 0.1) is 11.8 Å². The molecule has 0 aliphatic carbocycles. The number of ether oxygens (including phenoxy) is 1. The molecular weight excluding hydrogens is 280 g/mol. The molecule has 1 aliphatic heterocycles. The van der Waals surface area contributed by atoms with E-state index < -0.39 is 0 Å². The average molecular weight is 308 g/mol. The molecule has 1 aromatic heterocycles. The molecule has 5 nitrogen and oxygen atoms in total. The van der Waals surface area contributed by atoms with Crippen molar-refractivity contribution in [3.05, 3.63) is 17.5 Å². The van der Waals surface area contributed by atoms with Gasteiger partial charge in [0.1, 0.15) is 0 Å². The number of hydrogen-bond donors (Lipinski definition) is 1. The van der Waals surface area contributed by atoms with Crippen molar-refractivity contribution < 1.29 is 14.1 Å². The lowest BCUT2D eigenvalue weighted by molar-refractivity contribution is -0.0338. The summed E-state index contributed by atoms with van der Waals surface area (Å²) in [5.41, 5.74) is 0.812. The van der Waals surface area contributed by atoms with Crippen LogP contribution in [0.3, 0.4) is 0 Å². The summed E-state index contributed by atoms with van der Waals surface area (Å²) in [7, 11) is 0. The maximum atomic E-state index is 12.3. The van der Waals surface area contributed by atoms with E-state index in [1.165, 1.54) is 0 Å². The van der Waals surface area contributed by atoms with Crippen LogP contribution in [0, 0.1) is 5.92 Å². The molecule has 2 heterocycles. The molecule has 0 bridgehead atoms. The topological polar surface area (TPSA) is 64.4 Å². The highest BCUT2D eigenvalue weighted by atomic mass is 16.5. The maximum absolute atomic E-state index is 12.3. The fourth-order valence-electron chi connectivity index (χ4n) is 3.03. The monoisotopic (exact) mass is 308 g/mol. The van der Waals surface area contributed by atoms with Crippen molar-refractivity contribution in [1.29, 1.82) is 0 Å². The second-order valence-corrected chi connectivity index (χ2v) is 6.45. The standard InChI is InChI=1S/C17H28N2O3/c1-5-12(6-2)15-9-13(7-8-21-15)18-17(20)16-10-14(11(3)4)19-22-16/h10-13,15H,5-9H2,1-4H3,(H,18,20)/t13-,15+/m0/s1. The van der Waals surface area contributed by atoms with E-state index in [1.54, 1.807) is 6.07 Å². The predicted octanol–water partition coefficient (Wildman–Crippen LogP) is 3.51. The van der Waals surface area contributed by atoms with Gasteiger partial charge in [-0.2, -0.15) is 0 Å². The van der Waals surface area contributed by atoms with Crippen LogP contribution in [0.25, 0.3) is 0 Å². The van der Waals surface area contributed by atoms with Crippen LogP contribution in [0.4, 0.5) is 0 Å². The Bertz CT molecular complexity index is 480. The van der Waals surface area contributed by atoms with Gasteiger partial charge in [0, 0.05) is 18.7 Å². The molecule has 1 aliphatic rings. The summed E-state index contributed by atoms with van der Waals surface area (Å²) < 4.78 is 11.0. The van der Waals surface area contributed by atoms with Crippen molar-refractivity contribution in [2.75, 3.05) is 6.61 Å². The Balaban J connectivity index is 1.93. The van der Waals surface area contributed by atoms with Crippen molar-refractivity contribution in [2.45, 2.75) is 71.4 Å². The van der Waals surface area contributed by atoms with Gasteiger partial charge in [-0.15, -0.1) is 0 Å². The third-order valence-corrected chi connectivity index (χ3v) is 4.57. The molecule has 124 valence electrons. The summed E-state index contributed by atoms with van der Waals surface area (Å²) in [4.78, 5) is 12.3. The molecule has 22 heavy (non-hydrogen) atoms. The number of nitrogens with zero attached hydrogens (tertiary/aromatic N) is 1. The van der Waals surface area contributed by atoms with E-state index in [-0.39, 0.29) is 24.0 Å². The zero-order valence-corrected chi connectivity index (χ0v) is 14.1. The lowest BCUT2D eigenvalue weighted by atomic mass is 9.89. The summed E-state index contributed by atoms with van der Waals surface area (Å²) in [5.74, 6) is 0.953. The molecule has 1 saturated heterocycles. The Morgan fingerprint density at radius 3 is 2.73 bits per heavy atom. The molecule has 0 spiro atoms. The van der Waals surface area contributed by atoms with Gasteiger partial charge in [0.2, 0.25) is 5.76 Å². The van der Waals surface area contributed by atoms with Crippen LogP contribution < -0.4 is 5.32 Å². The normalized spacial score (nSPS) is 22.3. The predicted molar refractivity (Wildman–Crippen MR) is 84.9 cm³/mol. The van der Waals surface area contributed by atoms with Gasteiger partial charge >= 0.3 is 0 Å². The molecule has 0 radical (unpaired) electrons. The van der Waals surface area contributed by atoms with E-state index in [9.17, 15) is 4.79 Å². The molecule has 2 rings (SSSR count). The first-order valence-corrected chi connectivity index (χ1v) is 8.44. The number of aromatic nitrogens is 1. The second kappa shape index (κ2) is 7.77. The fraction of sp³-hybridized carbons (Fsp3) is 0.765. The average Bonchev–Trinajstić information content (AvgIpc) is 2.99. The lowest BCUT2D eigenvalue weighted by Gasteiger charge is -2.34. The smallest absolute Gasteiger partial charge is 0.290 e. The molecule has 1 N–H and O–H groups in total. The molecule has 2 atom stereocenters. The zero-order chi connectivity index (χ0) is 16.1. The zero-order valence-electron chi connectivity index (χ0n) is 14.1. The lowest BCUT2D eigenvalue weighted by Crippen LogP contribution is -2.44. The van der Waals surface area contributed by atoms with Gasteiger partial charge in [-0.3, -0.25) is 4.79 Å². The van der Waals surface area contributed by atoms with Gasteiger partial charge in [0.15, 0.2) is 0 Å². The maximum Gasteiger partial charge on any atom is 0.290 e. The molecule has 0 unspecified atom stereocenters. The molecule has 1 fully saturated rings. The first kappa shape index (κ1) is 17.0. The Kier molecular flexibility index (Phi) is 6.00. The Hall–Kier alpha value is -1.36. The van der Waals surface area contributed by atoms with Crippen LogP contribution in [0.2, 0.25) is 0 Å². The molecule has 5 heteroatoms. The van der Waals surface area contributed by atoms with Gasteiger partial charge < -0.3 is 14.6 Å². The van der Waals surface area contributed by atoms with Crippen LogP contribution in [0.1, 0.15) is 75.5 Å². The fourth-order valence-corrected chi connectivity index (χ4v) is 3.03. The Morgan fingerprint density at radius 2 is 2.14 bits per heavy atom. The van der Waals surface area contributed by atoms with Crippen molar-refractivity contribution in [3.8, 4) is 0 Å². The van der Waals surface area contributed by atoms with Gasteiger partial charge in [-0.05, 0) is 24.7 Å². The molecule has 0 saturated carbocycles.